The lowest BCUT2D eigenvalue weighted by Gasteiger charge is -2.26. The molecule has 1 fully saturated rings. The molecule has 1 aliphatic rings. The van der Waals surface area contributed by atoms with Crippen molar-refractivity contribution in [3.05, 3.63) is 10.5 Å². The van der Waals surface area contributed by atoms with Gasteiger partial charge in [-0.1, -0.05) is 5.92 Å². The molecule has 0 aliphatic carbocycles. The molecular formula is C19H19F4N5O7. The molecule has 0 unspecified atom stereocenters. The van der Waals surface area contributed by atoms with Gasteiger partial charge in [-0.2, -0.15) is 23.1 Å². The number of nitrogen functional groups attached to an aromatic ring is 1. The van der Waals surface area contributed by atoms with Crippen LogP contribution in [-0.4, -0.2) is 68.8 Å². The van der Waals surface area contributed by atoms with Crippen molar-refractivity contribution in [2.45, 2.75) is 57.3 Å². The number of carbonyl (C=O) groups is 2. The first-order valence-corrected chi connectivity index (χ1v) is 9.78. The van der Waals surface area contributed by atoms with Gasteiger partial charge in [0.05, 0.1) is 13.7 Å². The maximum atomic E-state index is 15.4. The number of hydrogen-bond acceptors (Lipinski definition) is 10. The van der Waals surface area contributed by atoms with Crippen LogP contribution in [-0.2, 0) is 30.3 Å². The van der Waals surface area contributed by atoms with Crippen LogP contribution in [0.2, 0.25) is 0 Å². The maximum Gasteiger partial charge on any atom is 0.428 e. The SMILES string of the molecule is C#CCn1c(=O)n([C@@H]2O[C@H]([C@@H](OC(C)=O)C(F)(F)F)[C@H](F)[C@H]2OC(C)=O)c2nc(N)nc(OC)c21. The number of aromatic nitrogens is 4. The summed E-state index contributed by atoms with van der Waals surface area (Å²) in [6.45, 7) is 1.18. The molecule has 0 radical (unpaired) electrons. The van der Waals surface area contributed by atoms with E-state index in [1.807, 2.05) is 0 Å². The fourth-order valence-electron chi connectivity index (χ4n) is 3.69. The van der Waals surface area contributed by atoms with Crippen LogP contribution in [0.3, 0.4) is 0 Å². The number of nitrogens with two attached hydrogens (primary N) is 1. The Bertz CT molecular complexity index is 1250. The Balaban J connectivity index is 2.26. The predicted molar refractivity (Wildman–Crippen MR) is 108 cm³/mol. The monoisotopic (exact) mass is 505 g/mol. The highest BCUT2D eigenvalue weighted by Crippen LogP contribution is 2.41. The zero-order chi connectivity index (χ0) is 26.2. The molecule has 5 atom stereocenters. The molecule has 1 aliphatic heterocycles. The second-order valence-electron chi connectivity index (χ2n) is 7.29. The van der Waals surface area contributed by atoms with Gasteiger partial charge in [-0.25, -0.2) is 13.8 Å². The number of esters is 2. The summed E-state index contributed by atoms with van der Waals surface area (Å²) in [7, 11) is 1.19. The molecule has 16 heteroatoms. The van der Waals surface area contributed by atoms with Gasteiger partial charge in [0.1, 0.15) is 6.10 Å². The number of ether oxygens (including phenoxy) is 4. The molecule has 2 aromatic rings. The molecule has 0 bridgehead atoms. The minimum Gasteiger partial charge on any atom is -0.479 e. The van der Waals surface area contributed by atoms with E-state index < -0.39 is 60.5 Å². The van der Waals surface area contributed by atoms with Crippen LogP contribution in [0.4, 0.5) is 23.5 Å². The summed E-state index contributed by atoms with van der Waals surface area (Å²) < 4.78 is 77.3. The number of rotatable bonds is 6. The Labute approximate surface area is 193 Å². The lowest BCUT2D eigenvalue weighted by atomic mass is 10.1. The van der Waals surface area contributed by atoms with Gasteiger partial charge < -0.3 is 24.7 Å². The number of alkyl halides is 4. The van der Waals surface area contributed by atoms with E-state index in [2.05, 4.69) is 20.6 Å². The highest BCUT2D eigenvalue weighted by Gasteiger charge is 2.60. The molecule has 3 heterocycles. The predicted octanol–water partition coefficient (Wildman–Crippen LogP) is 0.478. The summed E-state index contributed by atoms with van der Waals surface area (Å²) in [4.78, 5) is 43.9. The minimum atomic E-state index is -5.27. The van der Waals surface area contributed by atoms with E-state index in [0.717, 1.165) is 11.5 Å². The van der Waals surface area contributed by atoms with E-state index in [9.17, 15) is 27.6 Å². The van der Waals surface area contributed by atoms with Crippen LogP contribution < -0.4 is 16.2 Å². The highest BCUT2D eigenvalue weighted by molar-refractivity contribution is 5.79. The average molecular weight is 505 g/mol. The zero-order valence-electron chi connectivity index (χ0n) is 18.4. The van der Waals surface area contributed by atoms with Gasteiger partial charge in [-0.3, -0.25) is 14.2 Å². The largest absolute Gasteiger partial charge is 0.479 e. The number of terminal acetylenes is 1. The van der Waals surface area contributed by atoms with Crippen LogP contribution >= 0.6 is 0 Å². The fourth-order valence-corrected chi connectivity index (χ4v) is 3.69. The fraction of sp³-hybridized carbons (Fsp3) is 0.526. The number of methoxy groups -OCH3 is 1. The van der Waals surface area contributed by atoms with Crippen molar-refractivity contribution in [2.24, 2.45) is 0 Å². The standard InChI is InChI=1S/C19H19F4N5O7/c1-5-6-27-10-14(25-17(24)26-15(10)32-4)28(18(27)31)16-12(33-7(2)29)9(20)11(35-16)13(19(21,22)23)34-8(3)30/h1,9,11-13,16H,6H2,2-4H3,(H2,24,25,26)/t9-,11-,12+,13+,16+/m0/s1. The molecule has 12 nitrogen and oxygen atoms in total. The Morgan fingerprint density at radius 2 is 1.94 bits per heavy atom. The second-order valence-corrected chi connectivity index (χ2v) is 7.29. The summed E-state index contributed by atoms with van der Waals surface area (Å²) in [5.41, 5.74) is 4.16. The number of fused-ring (bicyclic) bond motifs is 1. The third kappa shape index (κ3) is 4.71. The lowest BCUT2D eigenvalue weighted by Crippen LogP contribution is -2.47. The first kappa shape index (κ1) is 25.7. The molecule has 2 N–H and O–H groups in total. The lowest BCUT2D eigenvalue weighted by molar-refractivity contribution is -0.252. The van der Waals surface area contributed by atoms with E-state index in [4.69, 9.17) is 26.4 Å². The molecule has 2 aromatic heterocycles. The molecule has 0 amide bonds. The summed E-state index contributed by atoms with van der Waals surface area (Å²) in [6, 6.07) is 0. The molecule has 0 saturated carbocycles. The van der Waals surface area contributed by atoms with E-state index >= 15 is 4.39 Å². The first-order chi connectivity index (χ1) is 16.3. The Morgan fingerprint density at radius 3 is 2.46 bits per heavy atom. The van der Waals surface area contributed by atoms with Crippen molar-refractivity contribution in [3.63, 3.8) is 0 Å². The van der Waals surface area contributed by atoms with Gasteiger partial charge in [0.2, 0.25) is 17.9 Å². The molecule has 35 heavy (non-hydrogen) atoms. The van der Waals surface area contributed by atoms with Crippen molar-refractivity contribution in [1.82, 2.24) is 19.1 Å². The van der Waals surface area contributed by atoms with Gasteiger partial charge in [0.25, 0.3) is 0 Å². The summed E-state index contributed by atoms with van der Waals surface area (Å²) >= 11 is 0. The quantitative estimate of drug-likeness (QED) is 0.334. The van der Waals surface area contributed by atoms with Crippen molar-refractivity contribution in [2.75, 3.05) is 12.8 Å². The van der Waals surface area contributed by atoms with E-state index in [1.165, 1.54) is 7.11 Å². The summed E-state index contributed by atoms with van der Waals surface area (Å²) in [5.74, 6) is -0.884. The topological polar surface area (TPSA) is 150 Å². The second kappa shape index (κ2) is 9.41. The van der Waals surface area contributed by atoms with Crippen LogP contribution in [0.1, 0.15) is 20.1 Å². The van der Waals surface area contributed by atoms with Crippen molar-refractivity contribution >= 4 is 29.1 Å². The van der Waals surface area contributed by atoms with E-state index in [1.54, 1.807) is 0 Å². The smallest absolute Gasteiger partial charge is 0.428 e. The van der Waals surface area contributed by atoms with Gasteiger partial charge in [-0.05, 0) is 0 Å². The average Bonchev–Trinajstić information content (AvgIpc) is 3.18. The number of imidazole rings is 1. The Kier molecular flexibility index (Phi) is 6.92. The van der Waals surface area contributed by atoms with Crippen LogP contribution in [0, 0.1) is 12.3 Å². The van der Waals surface area contributed by atoms with Gasteiger partial charge in [-0.15, -0.1) is 6.42 Å². The molecule has 0 aromatic carbocycles. The molecule has 0 spiro atoms. The van der Waals surface area contributed by atoms with Crippen LogP contribution in [0.15, 0.2) is 4.79 Å². The molecule has 3 rings (SSSR count). The maximum absolute atomic E-state index is 15.4. The normalized spacial score (nSPS) is 23.0. The van der Waals surface area contributed by atoms with E-state index in [0.29, 0.717) is 11.5 Å². The third-order valence-corrected chi connectivity index (χ3v) is 4.90. The van der Waals surface area contributed by atoms with E-state index in [-0.39, 0.29) is 23.6 Å². The van der Waals surface area contributed by atoms with Crippen molar-refractivity contribution < 1.29 is 46.1 Å². The van der Waals surface area contributed by atoms with Gasteiger partial charge in [0.15, 0.2) is 29.7 Å². The molecular weight excluding hydrogens is 486 g/mol. The number of hydrogen-bond donors (Lipinski definition) is 1. The summed E-state index contributed by atoms with van der Waals surface area (Å²) in [6.07, 6.45) is -12.3. The zero-order valence-corrected chi connectivity index (χ0v) is 18.4. The van der Waals surface area contributed by atoms with Crippen molar-refractivity contribution in [1.29, 1.82) is 0 Å². The van der Waals surface area contributed by atoms with Crippen LogP contribution in [0.25, 0.3) is 11.2 Å². The van der Waals surface area contributed by atoms with Gasteiger partial charge >= 0.3 is 23.8 Å². The molecule has 1 saturated heterocycles. The number of carbonyl (C=O) groups excluding carboxylic acids is 2. The first-order valence-electron chi connectivity index (χ1n) is 9.78. The number of nitrogens with zero attached hydrogens (tertiary/aromatic N) is 4. The third-order valence-electron chi connectivity index (χ3n) is 4.90. The Hall–Kier alpha value is -3.87. The molecule has 190 valence electrons. The Morgan fingerprint density at radius 1 is 1.29 bits per heavy atom. The van der Waals surface area contributed by atoms with Crippen LogP contribution in [0.5, 0.6) is 5.88 Å². The van der Waals surface area contributed by atoms with Crippen molar-refractivity contribution in [3.8, 4) is 18.2 Å². The van der Waals surface area contributed by atoms with Gasteiger partial charge in [0, 0.05) is 13.8 Å². The minimum absolute atomic E-state index is 0.124. The highest BCUT2D eigenvalue weighted by atomic mass is 19.4. The summed E-state index contributed by atoms with van der Waals surface area (Å²) in [5, 5.41) is 0. The number of anilines is 1. The number of halogens is 4.